The number of ether oxygens (including phenoxy) is 1. The number of halogens is 1. The highest BCUT2D eigenvalue weighted by molar-refractivity contribution is 9.10. The van der Waals surface area contributed by atoms with Crippen LogP contribution in [-0.4, -0.2) is 23.0 Å². The first kappa shape index (κ1) is 13.6. The fourth-order valence-electron chi connectivity index (χ4n) is 3.09. The first-order valence-corrected chi connectivity index (χ1v) is 7.71. The van der Waals surface area contributed by atoms with Crippen LogP contribution in [-0.2, 0) is 9.53 Å². The fraction of sp³-hybridized carbons (Fsp3) is 0.467. The van der Waals surface area contributed by atoms with Gasteiger partial charge >= 0.3 is 5.97 Å². The van der Waals surface area contributed by atoms with Crippen LogP contribution in [0.2, 0.25) is 0 Å². The van der Waals surface area contributed by atoms with Gasteiger partial charge in [-0.2, -0.15) is 0 Å². The summed E-state index contributed by atoms with van der Waals surface area (Å²) in [6.45, 7) is 0. The second-order valence-electron chi connectivity index (χ2n) is 5.33. The van der Waals surface area contributed by atoms with Gasteiger partial charge in [-0.05, 0) is 37.0 Å². The summed E-state index contributed by atoms with van der Waals surface area (Å²) in [7, 11) is 1.45. The number of carbonyl (C=O) groups excluding carboxylic acids is 1. The summed E-state index contributed by atoms with van der Waals surface area (Å²) >= 11 is 3.45. The highest BCUT2D eigenvalue weighted by Crippen LogP contribution is 2.37. The largest absolute Gasteiger partial charge is 0.468 e. The number of methoxy groups -OCH3 is 1. The molecule has 0 aliphatic heterocycles. The van der Waals surface area contributed by atoms with E-state index < -0.39 is 0 Å². The number of nitrogens with zero attached hydrogens (tertiary/aromatic N) is 1. The molecule has 1 aliphatic rings. The smallest absolute Gasteiger partial charge is 0.316 e. The number of nitrogens with one attached hydrogen (secondary N) is 1. The highest BCUT2D eigenvalue weighted by Gasteiger charge is 2.35. The predicted molar refractivity (Wildman–Crippen MR) is 80.5 cm³/mol. The van der Waals surface area contributed by atoms with E-state index in [1.54, 1.807) is 0 Å². The zero-order chi connectivity index (χ0) is 14.1. The molecule has 1 heterocycles. The predicted octanol–water partition coefficient (Wildman–Crippen LogP) is 3.77. The van der Waals surface area contributed by atoms with Gasteiger partial charge in [-0.15, -0.1) is 0 Å². The lowest BCUT2D eigenvalue weighted by Gasteiger charge is -2.18. The van der Waals surface area contributed by atoms with Gasteiger partial charge in [0.2, 0.25) is 0 Å². The van der Waals surface area contributed by atoms with E-state index in [1.807, 2.05) is 18.2 Å². The van der Waals surface area contributed by atoms with Crippen LogP contribution in [0.15, 0.2) is 22.7 Å². The Morgan fingerprint density at radius 1 is 1.45 bits per heavy atom. The molecule has 2 aromatic rings. The van der Waals surface area contributed by atoms with Crippen LogP contribution < -0.4 is 0 Å². The maximum Gasteiger partial charge on any atom is 0.316 e. The third kappa shape index (κ3) is 2.46. The van der Waals surface area contributed by atoms with Crippen LogP contribution in [0, 0.1) is 5.92 Å². The maximum absolute atomic E-state index is 12.2. The maximum atomic E-state index is 12.2. The fourth-order valence-corrected chi connectivity index (χ4v) is 3.45. The molecule has 3 rings (SSSR count). The Hall–Kier alpha value is -1.36. The average molecular weight is 337 g/mol. The van der Waals surface area contributed by atoms with Crippen molar-refractivity contribution in [1.82, 2.24) is 9.97 Å². The molecule has 1 aliphatic carbocycles. The van der Waals surface area contributed by atoms with E-state index >= 15 is 0 Å². The second kappa shape index (κ2) is 5.56. The first-order valence-electron chi connectivity index (χ1n) is 6.92. The first-order chi connectivity index (χ1) is 9.69. The molecule has 1 N–H and O–H groups in total. The number of H-pyrrole nitrogens is 1. The van der Waals surface area contributed by atoms with Gasteiger partial charge in [-0.3, -0.25) is 4.79 Å². The number of hydrogen-bond donors (Lipinski definition) is 1. The Morgan fingerprint density at radius 2 is 2.20 bits per heavy atom. The van der Waals surface area contributed by atoms with Gasteiger partial charge in [-0.1, -0.05) is 28.8 Å². The van der Waals surface area contributed by atoms with Crippen LogP contribution in [0.3, 0.4) is 0 Å². The molecule has 20 heavy (non-hydrogen) atoms. The van der Waals surface area contributed by atoms with Crippen molar-refractivity contribution in [2.24, 2.45) is 5.92 Å². The number of rotatable bonds is 3. The molecule has 4 nitrogen and oxygen atoms in total. The van der Waals surface area contributed by atoms with Gasteiger partial charge < -0.3 is 9.72 Å². The van der Waals surface area contributed by atoms with Crippen molar-refractivity contribution in [3.8, 4) is 0 Å². The lowest BCUT2D eigenvalue weighted by Crippen LogP contribution is -2.22. The average Bonchev–Trinajstić information content (AvgIpc) is 3.07. The van der Waals surface area contributed by atoms with Crippen molar-refractivity contribution in [2.45, 2.75) is 31.6 Å². The number of aromatic amines is 1. The van der Waals surface area contributed by atoms with Crippen LogP contribution in [0.1, 0.15) is 37.4 Å². The van der Waals surface area contributed by atoms with Crippen molar-refractivity contribution in [1.29, 1.82) is 0 Å². The summed E-state index contributed by atoms with van der Waals surface area (Å²) in [6.07, 6.45) is 4.51. The van der Waals surface area contributed by atoms with Crippen molar-refractivity contribution >= 4 is 32.9 Å². The van der Waals surface area contributed by atoms with Gasteiger partial charge in [-0.25, -0.2) is 4.98 Å². The van der Waals surface area contributed by atoms with Crippen molar-refractivity contribution in [3.05, 3.63) is 28.5 Å². The molecular weight excluding hydrogens is 320 g/mol. The number of esters is 1. The molecule has 0 spiro atoms. The lowest BCUT2D eigenvalue weighted by molar-refractivity contribution is -0.144. The monoisotopic (exact) mass is 336 g/mol. The summed E-state index contributed by atoms with van der Waals surface area (Å²) in [5.41, 5.74) is 1.83. The minimum Gasteiger partial charge on any atom is -0.468 e. The van der Waals surface area contributed by atoms with E-state index in [1.165, 1.54) is 20.0 Å². The molecular formula is C15H17BrN2O2. The standard InChI is InChI=1S/C15H17BrN2O2/c1-20-15(19)13(9-4-2-3-5-9)14-17-11-7-6-10(16)8-12(11)18-14/h6-9,13H,2-5H2,1H3,(H,17,18). The number of carbonyl (C=O) groups is 1. The van der Waals surface area contributed by atoms with E-state index in [-0.39, 0.29) is 11.9 Å². The van der Waals surface area contributed by atoms with E-state index in [4.69, 9.17) is 4.74 Å². The van der Waals surface area contributed by atoms with Crippen LogP contribution in [0.25, 0.3) is 11.0 Å². The van der Waals surface area contributed by atoms with Gasteiger partial charge in [0.1, 0.15) is 11.7 Å². The summed E-state index contributed by atoms with van der Waals surface area (Å²) in [5, 5.41) is 0. The normalized spacial score (nSPS) is 17.5. The topological polar surface area (TPSA) is 55.0 Å². The zero-order valence-corrected chi connectivity index (χ0v) is 12.9. The quantitative estimate of drug-likeness (QED) is 0.868. The summed E-state index contributed by atoms with van der Waals surface area (Å²) in [4.78, 5) is 20.0. The molecule has 1 fully saturated rings. The molecule has 1 aromatic heterocycles. The van der Waals surface area contributed by atoms with Crippen LogP contribution in [0.5, 0.6) is 0 Å². The summed E-state index contributed by atoms with van der Waals surface area (Å²) in [5.74, 6) is 0.618. The molecule has 5 heteroatoms. The van der Waals surface area contributed by atoms with Crippen LogP contribution in [0.4, 0.5) is 0 Å². The lowest BCUT2D eigenvalue weighted by atomic mass is 9.90. The molecule has 0 saturated heterocycles. The van der Waals surface area contributed by atoms with Crippen LogP contribution >= 0.6 is 15.9 Å². The van der Waals surface area contributed by atoms with Gasteiger partial charge in [0.05, 0.1) is 18.1 Å². The molecule has 0 radical (unpaired) electrons. The number of aromatic nitrogens is 2. The number of hydrogen-bond acceptors (Lipinski definition) is 3. The molecule has 1 atom stereocenters. The van der Waals surface area contributed by atoms with Gasteiger partial charge in [0.15, 0.2) is 0 Å². The number of imidazole rings is 1. The third-order valence-corrected chi connectivity index (χ3v) is 4.58. The summed E-state index contributed by atoms with van der Waals surface area (Å²) < 4.78 is 5.99. The van der Waals surface area contributed by atoms with E-state index in [0.29, 0.717) is 5.92 Å². The number of fused-ring (bicyclic) bond motifs is 1. The SMILES string of the molecule is COC(=O)C(c1nc2ccc(Br)cc2[nH]1)C1CCCC1. The third-order valence-electron chi connectivity index (χ3n) is 4.08. The Labute approximate surface area is 126 Å². The molecule has 1 saturated carbocycles. The number of benzene rings is 1. The molecule has 0 bridgehead atoms. The van der Waals surface area contributed by atoms with E-state index in [0.717, 1.165) is 34.2 Å². The highest BCUT2D eigenvalue weighted by atomic mass is 79.9. The minimum absolute atomic E-state index is 0.185. The molecule has 106 valence electrons. The summed E-state index contributed by atoms with van der Waals surface area (Å²) in [6, 6.07) is 5.88. The van der Waals surface area contributed by atoms with Gasteiger partial charge in [0.25, 0.3) is 0 Å². The van der Waals surface area contributed by atoms with Crippen molar-refractivity contribution in [2.75, 3.05) is 7.11 Å². The molecule has 1 unspecified atom stereocenters. The molecule has 0 amide bonds. The minimum atomic E-state index is -0.270. The van der Waals surface area contributed by atoms with Gasteiger partial charge in [0, 0.05) is 4.47 Å². The Morgan fingerprint density at radius 3 is 2.90 bits per heavy atom. The molecule has 1 aromatic carbocycles. The Balaban J connectivity index is 2.01. The van der Waals surface area contributed by atoms with Crippen molar-refractivity contribution in [3.63, 3.8) is 0 Å². The van der Waals surface area contributed by atoms with E-state index in [9.17, 15) is 4.79 Å². The van der Waals surface area contributed by atoms with Crippen molar-refractivity contribution < 1.29 is 9.53 Å². The second-order valence-corrected chi connectivity index (χ2v) is 6.24. The Bertz CT molecular complexity index is 632. The Kier molecular flexibility index (Phi) is 3.78. The zero-order valence-electron chi connectivity index (χ0n) is 11.4. The van der Waals surface area contributed by atoms with E-state index in [2.05, 4.69) is 25.9 Å².